The van der Waals surface area contributed by atoms with Gasteiger partial charge in [0.15, 0.2) is 0 Å². The van der Waals surface area contributed by atoms with Gasteiger partial charge in [0.05, 0.1) is 5.92 Å². The van der Waals surface area contributed by atoms with E-state index >= 15 is 0 Å². The van der Waals surface area contributed by atoms with E-state index in [1.165, 1.54) is 33.8 Å². The Morgan fingerprint density at radius 2 is 1.89 bits per heavy atom. The second-order valence-electron chi connectivity index (χ2n) is 7.14. The van der Waals surface area contributed by atoms with Gasteiger partial charge in [-0.25, -0.2) is 14.4 Å². The first kappa shape index (κ1) is 20.9. The molecule has 1 unspecified atom stereocenters. The van der Waals surface area contributed by atoms with Crippen LogP contribution < -0.4 is 0 Å². The topological polar surface area (TPSA) is 119 Å². The monoisotopic (exact) mass is 380 g/mol. The molecule has 0 aromatic heterocycles. The molecule has 0 aromatic carbocycles. The molecule has 2 rings (SSSR count). The lowest BCUT2D eigenvalue weighted by molar-refractivity contribution is -0.201. The van der Waals surface area contributed by atoms with Gasteiger partial charge in [0.1, 0.15) is 30.0 Å². The first-order chi connectivity index (χ1) is 12.4. The molecule has 1 saturated heterocycles. The summed E-state index contributed by atoms with van der Waals surface area (Å²) in [6, 6.07) is 0. The summed E-state index contributed by atoms with van der Waals surface area (Å²) in [5.41, 5.74) is -1.84. The molecule has 0 spiro atoms. The number of cyclic esters (lactones) is 1. The highest BCUT2D eigenvalue weighted by molar-refractivity contribution is 5.93. The summed E-state index contributed by atoms with van der Waals surface area (Å²) < 4.78 is 15.8. The zero-order valence-corrected chi connectivity index (χ0v) is 15.7. The van der Waals surface area contributed by atoms with Crippen LogP contribution in [-0.4, -0.2) is 58.1 Å². The van der Waals surface area contributed by atoms with Crippen molar-refractivity contribution in [3.05, 3.63) is 36.0 Å². The van der Waals surface area contributed by atoms with E-state index in [1.807, 2.05) is 0 Å². The summed E-state index contributed by atoms with van der Waals surface area (Å²) in [5, 5.41) is 21.7. The Hall–Kier alpha value is -2.45. The number of hydrogen-bond acceptors (Lipinski definition) is 8. The quantitative estimate of drug-likeness (QED) is 0.405. The maximum atomic E-state index is 12.2. The highest BCUT2D eigenvalue weighted by Gasteiger charge is 2.54. The molecule has 8 heteroatoms. The molecule has 0 saturated carbocycles. The van der Waals surface area contributed by atoms with E-state index in [2.05, 4.69) is 13.2 Å². The van der Waals surface area contributed by atoms with E-state index in [9.17, 15) is 24.6 Å². The zero-order chi connectivity index (χ0) is 20.7. The van der Waals surface area contributed by atoms with Crippen LogP contribution in [0, 0.1) is 5.92 Å². The number of carbonyl (C=O) groups is 3. The van der Waals surface area contributed by atoms with Crippen LogP contribution in [0.2, 0.25) is 0 Å². The van der Waals surface area contributed by atoms with Gasteiger partial charge in [-0.05, 0) is 33.8 Å². The molecular formula is C19H24O8. The van der Waals surface area contributed by atoms with Crippen molar-refractivity contribution in [1.29, 1.82) is 0 Å². The molecule has 0 amide bonds. The number of esters is 3. The molecule has 1 fully saturated rings. The van der Waals surface area contributed by atoms with E-state index < -0.39 is 53.8 Å². The molecule has 2 heterocycles. The van der Waals surface area contributed by atoms with Crippen LogP contribution in [0.1, 0.15) is 27.7 Å². The molecular weight excluding hydrogens is 356 g/mol. The molecule has 0 bridgehead atoms. The first-order valence-electron chi connectivity index (χ1n) is 8.44. The Morgan fingerprint density at radius 1 is 1.30 bits per heavy atom. The van der Waals surface area contributed by atoms with Crippen molar-refractivity contribution in [2.24, 2.45) is 5.92 Å². The van der Waals surface area contributed by atoms with Gasteiger partial charge < -0.3 is 24.4 Å². The summed E-state index contributed by atoms with van der Waals surface area (Å²) in [4.78, 5) is 36.4. The second-order valence-corrected chi connectivity index (χ2v) is 7.14. The van der Waals surface area contributed by atoms with Gasteiger partial charge in [0, 0.05) is 16.7 Å². The molecule has 27 heavy (non-hydrogen) atoms. The molecule has 6 atom stereocenters. The Labute approximate surface area is 157 Å². The van der Waals surface area contributed by atoms with Crippen molar-refractivity contribution in [1.82, 2.24) is 0 Å². The number of aliphatic hydroxyl groups is 2. The fraction of sp³-hybridized carbons (Fsp3) is 0.526. The van der Waals surface area contributed by atoms with E-state index in [1.54, 1.807) is 0 Å². The standard InChI is InChI=1S/C19H24O8/c1-8(2)16(21)27-14-13-10(4)18(23)26-12(13)7-9(3)17(22)25-11(5)19(6,24)15(14)20/h7,11-15,20,24H,1,4H2,2-3,5-6H3/b9-7-/t11-,12+,13-,14?,15-,19-/m0/s1. The Bertz CT molecular complexity index is 732. The van der Waals surface area contributed by atoms with Crippen LogP contribution in [0.25, 0.3) is 0 Å². The number of ether oxygens (including phenoxy) is 3. The molecule has 148 valence electrons. The molecule has 2 N–H and O–H groups in total. The third-order valence-electron chi connectivity index (χ3n) is 4.96. The fourth-order valence-electron chi connectivity index (χ4n) is 2.95. The molecule has 8 nitrogen and oxygen atoms in total. The average Bonchev–Trinajstić information content (AvgIpc) is 2.84. The lowest BCUT2D eigenvalue weighted by atomic mass is 9.79. The molecule has 0 aliphatic carbocycles. The van der Waals surface area contributed by atoms with E-state index in [0.717, 1.165) is 0 Å². The summed E-state index contributed by atoms with van der Waals surface area (Å²) in [5.74, 6) is -3.31. The third kappa shape index (κ3) is 3.81. The summed E-state index contributed by atoms with van der Waals surface area (Å²) in [6.07, 6.45) is -3.92. The van der Waals surface area contributed by atoms with Gasteiger partial charge in [-0.3, -0.25) is 0 Å². The minimum Gasteiger partial charge on any atom is -0.456 e. The highest BCUT2D eigenvalue weighted by Crippen LogP contribution is 2.38. The van der Waals surface area contributed by atoms with Gasteiger partial charge in [0.25, 0.3) is 0 Å². The van der Waals surface area contributed by atoms with Crippen LogP contribution in [0.3, 0.4) is 0 Å². The minimum atomic E-state index is -2.00. The summed E-state index contributed by atoms with van der Waals surface area (Å²) >= 11 is 0. The number of aliphatic hydroxyl groups excluding tert-OH is 1. The van der Waals surface area contributed by atoms with Crippen molar-refractivity contribution >= 4 is 17.9 Å². The number of carbonyl (C=O) groups excluding carboxylic acids is 3. The smallest absolute Gasteiger partial charge is 0.334 e. The molecule has 2 aliphatic rings. The average molecular weight is 380 g/mol. The van der Waals surface area contributed by atoms with Gasteiger partial charge in [-0.2, -0.15) is 0 Å². The number of fused-ring (bicyclic) bond motifs is 1. The lowest BCUT2D eigenvalue weighted by Gasteiger charge is -2.40. The van der Waals surface area contributed by atoms with Crippen molar-refractivity contribution in [3.8, 4) is 0 Å². The van der Waals surface area contributed by atoms with Crippen molar-refractivity contribution < 1.29 is 38.8 Å². The Balaban J connectivity index is 2.61. The maximum absolute atomic E-state index is 12.2. The zero-order valence-electron chi connectivity index (χ0n) is 15.7. The van der Waals surface area contributed by atoms with Crippen LogP contribution >= 0.6 is 0 Å². The lowest BCUT2D eigenvalue weighted by Crippen LogP contribution is -2.58. The van der Waals surface area contributed by atoms with Gasteiger partial charge >= 0.3 is 17.9 Å². The van der Waals surface area contributed by atoms with E-state index in [-0.39, 0.29) is 16.7 Å². The summed E-state index contributed by atoms with van der Waals surface area (Å²) in [6.45, 7) is 12.7. The first-order valence-corrected chi connectivity index (χ1v) is 8.44. The highest BCUT2D eigenvalue weighted by atomic mass is 16.6. The van der Waals surface area contributed by atoms with E-state index in [4.69, 9.17) is 14.2 Å². The predicted molar refractivity (Wildman–Crippen MR) is 93.1 cm³/mol. The Kier molecular flexibility index (Phi) is 5.63. The SMILES string of the molecule is C=C(C)C(=O)OC1[C@H]2C(=C)C(=O)O[C@@H]2/C=C(/C)C(=O)O[C@@H](C)[C@](C)(O)[C@H]1O. The van der Waals surface area contributed by atoms with Crippen LogP contribution in [-0.2, 0) is 28.6 Å². The Morgan fingerprint density at radius 3 is 2.44 bits per heavy atom. The van der Waals surface area contributed by atoms with E-state index in [0.29, 0.717) is 0 Å². The molecule has 0 radical (unpaired) electrons. The summed E-state index contributed by atoms with van der Waals surface area (Å²) in [7, 11) is 0. The van der Waals surface area contributed by atoms with Crippen LogP contribution in [0.15, 0.2) is 36.0 Å². The largest absolute Gasteiger partial charge is 0.456 e. The molecule has 0 aromatic rings. The number of hydrogen-bond donors (Lipinski definition) is 2. The van der Waals surface area contributed by atoms with Gasteiger partial charge in [0.2, 0.25) is 0 Å². The van der Waals surface area contributed by atoms with Crippen molar-refractivity contribution in [2.45, 2.75) is 57.7 Å². The molecule has 2 aliphatic heterocycles. The normalized spacial score (nSPS) is 38.8. The van der Waals surface area contributed by atoms with Crippen molar-refractivity contribution in [3.63, 3.8) is 0 Å². The fourth-order valence-corrected chi connectivity index (χ4v) is 2.95. The van der Waals surface area contributed by atoms with Gasteiger partial charge in [-0.1, -0.05) is 13.2 Å². The third-order valence-corrected chi connectivity index (χ3v) is 4.96. The maximum Gasteiger partial charge on any atom is 0.334 e. The van der Waals surface area contributed by atoms with Crippen molar-refractivity contribution in [2.75, 3.05) is 0 Å². The van der Waals surface area contributed by atoms with Crippen LogP contribution in [0.5, 0.6) is 0 Å². The number of rotatable bonds is 2. The minimum absolute atomic E-state index is 0.0417. The second kappa shape index (κ2) is 7.28. The predicted octanol–water partition coefficient (Wildman–Crippen LogP) is 0.576. The van der Waals surface area contributed by atoms with Gasteiger partial charge in [-0.15, -0.1) is 0 Å². The van der Waals surface area contributed by atoms with Crippen LogP contribution in [0.4, 0.5) is 0 Å².